The monoisotopic (exact) mass is 355 g/mol. The van der Waals surface area contributed by atoms with Gasteiger partial charge in [-0.3, -0.25) is 9.78 Å². The number of H-pyrrole nitrogens is 1. The second kappa shape index (κ2) is 7.18. The summed E-state index contributed by atoms with van der Waals surface area (Å²) in [5, 5.41) is 0. The van der Waals surface area contributed by atoms with Gasteiger partial charge < -0.3 is 18.6 Å². The zero-order chi connectivity index (χ0) is 18.7. The lowest BCUT2D eigenvalue weighted by Crippen LogP contribution is -1.96. The summed E-state index contributed by atoms with van der Waals surface area (Å²) in [6.07, 6.45) is 3.07. The van der Waals surface area contributed by atoms with Crippen molar-refractivity contribution in [1.82, 2.24) is 4.98 Å². The Bertz CT molecular complexity index is 1020. The Kier molecular flexibility index (Phi) is 4.79. The molecular formula is C19H17NO6. The summed E-state index contributed by atoms with van der Waals surface area (Å²) in [4.78, 5) is 26.1. The van der Waals surface area contributed by atoms with E-state index in [0.29, 0.717) is 39.5 Å². The lowest BCUT2D eigenvalue weighted by molar-refractivity contribution is 0.104. The van der Waals surface area contributed by atoms with Crippen molar-refractivity contribution in [3.63, 3.8) is 0 Å². The second-order valence-electron chi connectivity index (χ2n) is 5.38. The molecule has 0 saturated carbocycles. The minimum Gasteiger partial charge on any atom is -0.493 e. The van der Waals surface area contributed by atoms with Crippen LogP contribution in [-0.2, 0) is 0 Å². The molecule has 7 heteroatoms. The van der Waals surface area contributed by atoms with Crippen LogP contribution in [-0.4, -0.2) is 32.1 Å². The molecule has 7 nitrogen and oxygen atoms in total. The third kappa shape index (κ3) is 3.32. The van der Waals surface area contributed by atoms with Crippen molar-refractivity contribution in [2.45, 2.75) is 0 Å². The number of oxazole rings is 1. The topological polar surface area (TPSA) is 90.8 Å². The second-order valence-corrected chi connectivity index (χ2v) is 5.38. The van der Waals surface area contributed by atoms with Gasteiger partial charge in [-0.1, -0.05) is 6.08 Å². The summed E-state index contributed by atoms with van der Waals surface area (Å²) in [5.41, 5.74) is 1.99. The Morgan fingerprint density at radius 2 is 1.73 bits per heavy atom. The molecule has 0 aliphatic carbocycles. The number of ketones is 1. The van der Waals surface area contributed by atoms with Gasteiger partial charge in [-0.25, -0.2) is 4.79 Å². The molecule has 3 aromatic rings. The largest absolute Gasteiger partial charge is 0.493 e. The fourth-order valence-corrected chi connectivity index (χ4v) is 2.56. The predicted molar refractivity (Wildman–Crippen MR) is 96.3 cm³/mol. The van der Waals surface area contributed by atoms with Crippen LogP contribution < -0.4 is 20.0 Å². The van der Waals surface area contributed by atoms with E-state index < -0.39 is 5.76 Å². The number of nitrogens with one attached hydrogen (secondary N) is 1. The number of allylic oxidation sites excluding steroid dienone is 1. The van der Waals surface area contributed by atoms with Crippen molar-refractivity contribution in [3.8, 4) is 17.2 Å². The molecule has 134 valence electrons. The number of hydrogen-bond donors (Lipinski definition) is 1. The van der Waals surface area contributed by atoms with Crippen LogP contribution in [0, 0.1) is 0 Å². The maximum absolute atomic E-state index is 12.4. The van der Waals surface area contributed by atoms with Gasteiger partial charge in [0, 0.05) is 5.56 Å². The van der Waals surface area contributed by atoms with E-state index in [4.69, 9.17) is 18.6 Å². The van der Waals surface area contributed by atoms with Crippen LogP contribution in [0.15, 0.2) is 45.6 Å². The molecule has 0 amide bonds. The Hall–Kier alpha value is -3.48. The maximum atomic E-state index is 12.4. The van der Waals surface area contributed by atoms with E-state index in [9.17, 15) is 9.59 Å². The van der Waals surface area contributed by atoms with E-state index in [-0.39, 0.29) is 5.78 Å². The molecule has 0 atom stereocenters. The standard InChI is InChI=1S/C19H17NO6/c1-23-16-8-11(9-17(24-2)18(16)25-3)4-7-14(21)12-5-6-13-15(10-12)26-19(22)20-13/h4-10H,1-3H3,(H,20,22). The van der Waals surface area contributed by atoms with Crippen LogP contribution in [0.3, 0.4) is 0 Å². The summed E-state index contributed by atoms with van der Waals surface area (Å²) >= 11 is 0. The summed E-state index contributed by atoms with van der Waals surface area (Å²) < 4.78 is 20.8. The highest BCUT2D eigenvalue weighted by atomic mass is 16.5. The molecule has 0 saturated heterocycles. The van der Waals surface area contributed by atoms with Crippen LogP contribution in [0.2, 0.25) is 0 Å². The minimum atomic E-state index is -0.558. The molecule has 1 N–H and O–H groups in total. The quantitative estimate of drug-likeness (QED) is 0.540. The van der Waals surface area contributed by atoms with Crippen molar-refractivity contribution in [1.29, 1.82) is 0 Å². The van der Waals surface area contributed by atoms with Crippen LogP contribution >= 0.6 is 0 Å². The van der Waals surface area contributed by atoms with E-state index in [1.165, 1.54) is 33.5 Å². The SMILES string of the molecule is COc1cc(C=CC(=O)c2ccc3[nH]c(=O)oc3c2)cc(OC)c1OC. The molecule has 26 heavy (non-hydrogen) atoms. The van der Waals surface area contributed by atoms with Crippen molar-refractivity contribution in [2.75, 3.05) is 21.3 Å². The molecule has 1 heterocycles. The molecule has 1 aromatic heterocycles. The predicted octanol–water partition coefficient (Wildman–Crippen LogP) is 3.04. The molecule has 0 spiro atoms. The number of rotatable bonds is 6. The average molecular weight is 355 g/mol. The Morgan fingerprint density at radius 3 is 2.35 bits per heavy atom. The molecule has 0 fully saturated rings. The number of hydrogen-bond acceptors (Lipinski definition) is 6. The molecule has 0 aliphatic heterocycles. The van der Waals surface area contributed by atoms with Crippen molar-refractivity contribution in [3.05, 3.63) is 58.1 Å². The summed E-state index contributed by atoms with van der Waals surface area (Å²) in [5.74, 6) is 0.678. The first-order valence-electron chi connectivity index (χ1n) is 7.71. The van der Waals surface area contributed by atoms with E-state index >= 15 is 0 Å². The van der Waals surface area contributed by atoms with E-state index in [0.717, 1.165) is 0 Å². The third-order valence-corrected chi connectivity index (χ3v) is 3.82. The first-order valence-corrected chi connectivity index (χ1v) is 7.71. The van der Waals surface area contributed by atoms with Gasteiger partial charge in [0.25, 0.3) is 0 Å². The van der Waals surface area contributed by atoms with E-state index in [2.05, 4.69) is 4.98 Å². The van der Waals surface area contributed by atoms with Crippen LogP contribution in [0.4, 0.5) is 0 Å². The smallest absolute Gasteiger partial charge is 0.417 e. The zero-order valence-electron chi connectivity index (χ0n) is 14.5. The number of carbonyl (C=O) groups excluding carboxylic acids is 1. The molecule has 0 radical (unpaired) electrons. The summed E-state index contributed by atoms with van der Waals surface area (Å²) in [7, 11) is 4.57. The molecule has 0 aliphatic rings. The van der Waals surface area contributed by atoms with Crippen LogP contribution in [0.5, 0.6) is 17.2 Å². The van der Waals surface area contributed by atoms with E-state index in [1.54, 1.807) is 30.3 Å². The number of fused-ring (bicyclic) bond motifs is 1. The molecular weight excluding hydrogens is 338 g/mol. The van der Waals surface area contributed by atoms with Gasteiger partial charge in [-0.15, -0.1) is 0 Å². The Balaban J connectivity index is 1.90. The number of ether oxygens (including phenoxy) is 3. The third-order valence-electron chi connectivity index (χ3n) is 3.82. The van der Waals surface area contributed by atoms with E-state index in [1.807, 2.05) is 0 Å². The van der Waals surface area contributed by atoms with Crippen molar-refractivity contribution in [2.24, 2.45) is 0 Å². The Morgan fingerprint density at radius 1 is 1.04 bits per heavy atom. The molecule has 0 unspecified atom stereocenters. The minimum absolute atomic E-state index is 0.232. The number of benzene rings is 2. The summed E-state index contributed by atoms with van der Waals surface area (Å²) in [6.45, 7) is 0. The molecule has 0 bridgehead atoms. The van der Waals surface area contributed by atoms with Crippen molar-refractivity contribution >= 4 is 23.0 Å². The maximum Gasteiger partial charge on any atom is 0.417 e. The fourth-order valence-electron chi connectivity index (χ4n) is 2.56. The average Bonchev–Trinajstić information content (AvgIpc) is 3.04. The number of methoxy groups -OCH3 is 3. The lowest BCUT2D eigenvalue weighted by Gasteiger charge is -2.12. The van der Waals surface area contributed by atoms with Gasteiger partial charge in [-0.05, 0) is 42.0 Å². The van der Waals surface area contributed by atoms with Gasteiger partial charge in [0.1, 0.15) is 0 Å². The highest BCUT2D eigenvalue weighted by Crippen LogP contribution is 2.38. The van der Waals surface area contributed by atoms with Gasteiger partial charge in [0.05, 0.1) is 26.8 Å². The number of aromatic nitrogens is 1. The molecule has 3 rings (SSSR count). The first kappa shape index (κ1) is 17.3. The van der Waals surface area contributed by atoms with Crippen LogP contribution in [0.1, 0.15) is 15.9 Å². The number of carbonyl (C=O) groups is 1. The normalized spacial score (nSPS) is 11.0. The van der Waals surface area contributed by atoms with Gasteiger partial charge >= 0.3 is 5.76 Å². The fraction of sp³-hybridized carbons (Fsp3) is 0.158. The number of aromatic amines is 1. The van der Waals surface area contributed by atoms with Crippen molar-refractivity contribution < 1.29 is 23.4 Å². The van der Waals surface area contributed by atoms with Gasteiger partial charge in [0.2, 0.25) is 5.75 Å². The molecule has 2 aromatic carbocycles. The zero-order valence-corrected chi connectivity index (χ0v) is 14.5. The van der Waals surface area contributed by atoms with Gasteiger partial charge in [-0.2, -0.15) is 0 Å². The first-order chi connectivity index (χ1) is 12.5. The highest BCUT2D eigenvalue weighted by molar-refractivity contribution is 6.08. The summed E-state index contributed by atoms with van der Waals surface area (Å²) in [6, 6.07) is 8.24. The lowest BCUT2D eigenvalue weighted by atomic mass is 10.1. The van der Waals surface area contributed by atoms with Crippen LogP contribution in [0.25, 0.3) is 17.2 Å². The highest BCUT2D eigenvalue weighted by Gasteiger charge is 2.12. The Labute approximate surface area is 148 Å². The van der Waals surface area contributed by atoms with Gasteiger partial charge in [0.15, 0.2) is 22.9 Å².